The van der Waals surface area contributed by atoms with E-state index in [0.717, 1.165) is 19.3 Å². The minimum absolute atomic E-state index is 0.336. The summed E-state index contributed by atoms with van der Waals surface area (Å²) < 4.78 is 10.7. The third kappa shape index (κ3) is 11.3. The lowest BCUT2D eigenvalue weighted by Crippen LogP contribution is -2.52. The molecular formula is C33H45N3O5S. The number of nitrogens with zero attached hydrogens (tertiary/aromatic N) is 1. The monoisotopic (exact) mass is 595 g/mol. The highest BCUT2D eigenvalue weighted by Gasteiger charge is 2.36. The van der Waals surface area contributed by atoms with E-state index >= 15 is 0 Å². The Balaban J connectivity index is 2.53. The van der Waals surface area contributed by atoms with E-state index in [1.807, 2.05) is 6.26 Å². The average molecular weight is 596 g/mol. The van der Waals surface area contributed by atoms with Gasteiger partial charge in [0.05, 0.1) is 7.11 Å². The molecular weight excluding hydrogens is 550 g/mol. The van der Waals surface area contributed by atoms with Crippen LogP contribution in [0.1, 0.15) is 77.0 Å². The fourth-order valence-electron chi connectivity index (χ4n) is 4.34. The highest BCUT2D eigenvalue weighted by Crippen LogP contribution is 2.27. The molecule has 0 radical (unpaired) electrons. The van der Waals surface area contributed by atoms with Gasteiger partial charge in [0.25, 0.3) is 5.91 Å². The summed E-state index contributed by atoms with van der Waals surface area (Å²) in [6, 6.07) is 12.2. The van der Waals surface area contributed by atoms with Crippen molar-refractivity contribution in [1.82, 2.24) is 10.2 Å². The van der Waals surface area contributed by atoms with Gasteiger partial charge in [-0.2, -0.15) is 11.8 Å². The van der Waals surface area contributed by atoms with Gasteiger partial charge in [-0.05, 0) is 87.6 Å². The largest absolute Gasteiger partial charge is 0.497 e. The lowest BCUT2D eigenvalue weighted by Gasteiger charge is -2.34. The summed E-state index contributed by atoms with van der Waals surface area (Å²) >= 11 is 1.57. The Labute approximate surface area is 255 Å². The molecule has 2 atom stereocenters. The van der Waals surface area contributed by atoms with Gasteiger partial charge in [0.15, 0.2) is 0 Å². The van der Waals surface area contributed by atoms with Crippen LogP contribution in [-0.2, 0) is 14.3 Å². The summed E-state index contributed by atoms with van der Waals surface area (Å²) in [5.74, 6) is 3.17. The molecule has 0 heterocycles. The van der Waals surface area contributed by atoms with Crippen molar-refractivity contribution < 1.29 is 23.9 Å². The Morgan fingerprint density at radius 3 is 2.24 bits per heavy atom. The van der Waals surface area contributed by atoms with Crippen LogP contribution in [0, 0.1) is 12.3 Å². The number of carbonyl (C=O) groups excluding carboxylic acids is 3. The zero-order valence-electron chi connectivity index (χ0n) is 25.7. The van der Waals surface area contributed by atoms with Gasteiger partial charge in [-0.3, -0.25) is 9.59 Å². The quantitative estimate of drug-likeness (QED) is 0.182. The molecule has 9 heteroatoms. The lowest BCUT2D eigenvalue weighted by atomic mass is 10.00. The van der Waals surface area contributed by atoms with Crippen LogP contribution in [0.15, 0.2) is 48.5 Å². The highest BCUT2D eigenvalue weighted by molar-refractivity contribution is 7.98. The Bertz CT molecular complexity index is 1190. The number of hydrogen-bond acceptors (Lipinski definition) is 6. The summed E-state index contributed by atoms with van der Waals surface area (Å²) in [7, 11) is 1.57. The van der Waals surface area contributed by atoms with Gasteiger partial charge in [-0.15, -0.1) is 6.42 Å². The molecule has 0 aromatic heterocycles. The number of rotatable bonds is 15. The predicted molar refractivity (Wildman–Crippen MR) is 171 cm³/mol. The molecule has 0 saturated heterocycles. The molecule has 2 rings (SSSR count). The molecule has 0 aliphatic rings. The molecule has 2 aromatic carbocycles. The molecule has 0 spiro atoms. The normalized spacial score (nSPS) is 12.4. The Hall–Kier alpha value is -3.64. The van der Waals surface area contributed by atoms with Crippen LogP contribution in [-0.4, -0.2) is 60.1 Å². The molecule has 0 bridgehead atoms. The van der Waals surface area contributed by atoms with Crippen molar-refractivity contribution in [3.8, 4) is 18.1 Å². The molecule has 42 heavy (non-hydrogen) atoms. The molecule has 3 amide bonds. The predicted octanol–water partition coefficient (Wildman–Crippen LogP) is 6.41. The number of hydrogen-bond donors (Lipinski definition) is 2. The van der Waals surface area contributed by atoms with E-state index in [9.17, 15) is 14.4 Å². The number of terminal acetylenes is 1. The highest BCUT2D eigenvalue weighted by atomic mass is 32.2. The van der Waals surface area contributed by atoms with Gasteiger partial charge >= 0.3 is 6.09 Å². The SMILES string of the molecule is C#Cc1ccc(C(C(=O)Nc2ccc(OC)cc2)N(CCCCCC)C(=O)C(CCSC)NC(=O)OC(C)(C)C)cc1. The smallest absolute Gasteiger partial charge is 0.408 e. The summed E-state index contributed by atoms with van der Waals surface area (Å²) in [6.45, 7) is 7.76. The number of carbonyl (C=O) groups is 3. The Morgan fingerprint density at radius 1 is 1.02 bits per heavy atom. The van der Waals surface area contributed by atoms with Crippen LogP contribution in [0.5, 0.6) is 5.75 Å². The Morgan fingerprint density at radius 2 is 1.69 bits per heavy atom. The summed E-state index contributed by atoms with van der Waals surface area (Å²) in [5.41, 5.74) is 1.12. The molecule has 8 nitrogen and oxygen atoms in total. The molecule has 0 saturated carbocycles. The number of nitrogens with one attached hydrogen (secondary N) is 2. The summed E-state index contributed by atoms with van der Waals surface area (Å²) in [4.78, 5) is 42.7. The summed E-state index contributed by atoms with van der Waals surface area (Å²) in [5, 5.41) is 5.74. The zero-order valence-corrected chi connectivity index (χ0v) is 26.5. The van der Waals surface area contributed by atoms with Crippen LogP contribution < -0.4 is 15.4 Å². The number of methoxy groups -OCH3 is 1. The van der Waals surface area contributed by atoms with Crippen molar-refractivity contribution in [3.63, 3.8) is 0 Å². The van der Waals surface area contributed by atoms with Crippen molar-refractivity contribution in [2.45, 2.75) is 77.5 Å². The first kappa shape index (κ1) is 34.6. The molecule has 2 N–H and O–H groups in total. The van der Waals surface area contributed by atoms with Crippen molar-refractivity contribution in [2.24, 2.45) is 0 Å². The zero-order chi connectivity index (χ0) is 31.1. The van der Waals surface area contributed by atoms with Crippen LogP contribution in [0.25, 0.3) is 0 Å². The van der Waals surface area contributed by atoms with Crippen LogP contribution in [0.4, 0.5) is 10.5 Å². The maximum Gasteiger partial charge on any atom is 0.408 e. The minimum Gasteiger partial charge on any atom is -0.497 e. The number of benzene rings is 2. The maximum absolute atomic E-state index is 14.3. The van der Waals surface area contributed by atoms with Crippen LogP contribution in [0.2, 0.25) is 0 Å². The van der Waals surface area contributed by atoms with Gasteiger partial charge < -0.3 is 25.0 Å². The van der Waals surface area contributed by atoms with Gasteiger partial charge in [-0.25, -0.2) is 4.79 Å². The first-order chi connectivity index (χ1) is 20.0. The second-order valence-corrected chi connectivity index (χ2v) is 11.9. The van der Waals surface area contributed by atoms with Crippen molar-refractivity contribution in [3.05, 3.63) is 59.7 Å². The lowest BCUT2D eigenvalue weighted by molar-refractivity contribution is -0.141. The number of amides is 3. The third-order valence-electron chi connectivity index (χ3n) is 6.45. The second kappa shape index (κ2) is 17.3. The van der Waals surface area contributed by atoms with Gasteiger partial charge in [0, 0.05) is 17.8 Å². The minimum atomic E-state index is -0.967. The fourth-order valence-corrected chi connectivity index (χ4v) is 4.81. The number of anilines is 1. The van der Waals surface area contributed by atoms with Crippen LogP contribution >= 0.6 is 11.8 Å². The van der Waals surface area contributed by atoms with Crippen molar-refractivity contribution in [2.75, 3.05) is 31.0 Å². The molecule has 0 fully saturated rings. The van der Waals surface area contributed by atoms with E-state index in [1.54, 1.807) is 93.1 Å². The van der Waals surface area contributed by atoms with Crippen LogP contribution in [0.3, 0.4) is 0 Å². The average Bonchev–Trinajstić information content (AvgIpc) is 2.96. The number of alkyl carbamates (subject to hydrolysis) is 1. The van der Waals surface area contributed by atoms with Crippen molar-refractivity contribution >= 4 is 35.4 Å². The maximum atomic E-state index is 14.3. The van der Waals surface area contributed by atoms with E-state index in [0.29, 0.717) is 47.7 Å². The standard InChI is InChI=1S/C33H45N3O5S/c1-8-10-11-12-22-36(31(38)28(21-23-42-7)35-32(39)41-33(3,4)5)29(25-15-13-24(9-2)14-16-25)30(37)34-26-17-19-27(40-6)20-18-26/h2,13-20,28-29H,8,10-12,21-23H2,1,3-7H3,(H,34,37)(H,35,39). The topological polar surface area (TPSA) is 97.0 Å². The molecule has 228 valence electrons. The van der Waals surface area contributed by atoms with Gasteiger partial charge in [-0.1, -0.05) is 44.2 Å². The van der Waals surface area contributed by atoms with Gasteiger partial charge in [0.1, 0.15) is 23.4 Å². The molecule has 2 aromatic rings. The Kier molecular flexibility index (Phi) is 14.3. The summed E-state index contributed by atoms with van der Waals surface area (Å²) in [6.07, 6.45) is 10.9. The van der Waals surface area contributed by atoms with E-state index in [1.165, 1.54) is 0 Å². The van der Waals surface area contributed by atoms with E-state index in [-0.39, 0.29) is 11.8 Å². The van der Waals surface area contributed by atoms with E-state index < -0.39 is 23.8 Å². The van der Waals surface area contributed by atoms with E-state index in [4.69, 9.17) is 15.9 Å². The molecule has 2 unspecified atom stereocenters. The first-order valence-electron chi connectivity index (χ1n) is 14.3. The first-order valence-corrected chi connectivity index (χ1v) is 15.7. The van der Waals surface area contributed by atoms with E-state index in [2.05, 4.69) is 23.5 Å². The number of ether oxygens (including phenoxy) is 2. The fraction of sp³-hybridized carbons (Fsp3) is 0.485. The second-order valence-electron chi connectivity index (χ2n) is 11.0. The molecule has 0 aliphatic heterocycles. The number of thioether (sulfide) groups is 1. The third-order valence-corrected chi connectivity index (χ3v) is 7.09. The number of unbranched alkanes of at least 4 members (excludes halogenated alkanes) is 3. The molecule has 0 aliphatic carbocycles. The van der Waals surface area contributed by atoms with Gasteiger partial charge in [0.2, 0.25) is 5.91 Å². The van der Waals surface area contributed by atoms with Crippen molar-refractivity contribution in [1.29, 1.82) is 0 Å².